The van der Waals surface area contributed by atoms with Crippen molar-refractivity contribution < 1.29 is 18.3 Å². The van der Waals surface area contributed by atoms with Crippen molar-refractivity contribution in [1.82, 2.24) is 24.8 Å². The van der Waals surface area contributed by atoms with E-state index in [1.54, 1.807) is 11.6 Å². The van der Waals surface area contributed by atoms with Gasteiger partial charge >= 0.3 is 0 Å². The number of ether oxygens (including phenoxy) is 1. The van der Waals surface area contributed by atoms with Crippen LogP contribution in [0.3, 0.4) is 0 Å². The molecule has 3 aromatic heterocycles. The third-order valence-corrected chi connectivity index (χ3v) is 6.41. The van der Waals surface area contributed by atoms with Crippen molar-refractivity contribution in [3.8, 4) is 5.88 Å². The van der Waals surface area contributed by atoms with Gasteiger partial charge in [-0.15, -0.1) is 0 Å². The van der Waals surface area contributed by atoms with Gasteiger partial charge in [0.05, 0.1) is 15.7 Å². The number of pyridine rings is 2. The molecule has 3 heterocycles. The van der Waals surface area contributed by atoms with Crippen LogP contribution in [0.1, 0.15) is 43.0 Å². The monoisotopic (exact) mass is 512 g/mol. The second kappa shape index (κ2) is 10.3. The van der Waals surface area contributed by atoms with Crippen LogP contribution in [0.2, 0.25) is 10.0 Å². The summed E-state index contributed by atoms with van der Waals surface area (Å²) in [5.41, 5.74) is 1.15. The number of hydrogen-bond donors (Lipinski definition) is 2. The maximum atomic E-state index is 13.1. The predicted octanol–water partition coefficient (Wildman–Crippen LogP) is 5.37. The molecule has 182 valence electrons. The Morgan fingerprint density at radius 3 is 2.53 bits per heavy atom. The molecule has 34 heavy (non-hydrogen) atoms. The van der Waals surface area contributed by atoms with E-state index in [0.717, 1.165) is 25.7 Å². The van der Waals surface area contributed by atoms with Gasteiger partial charge < -0.3 is 15.4 Å². The number of carbonyl (C=O) groups is 1. The summed E-state index contributed by atoms with van der Waals surface area (Å²) in [6, 6.07) is 1.50. The van der Waals surface area contributed by atoms with Crippen molar-refractivity contribution in [2.24, 2.45) is 13.0 Å². The number of amides is 1. The van der Waals surface area contributed by atoms with Crippen LogP contribution in [0.15, 0.2) is 18.5 Å². The quantitative estimate of drug-likeness (QED) is 0.442. The Labute approximate surface area is 205 Å². The van der Waals surface area contributed by atoms with Crippen LogP contribution in [0, 0.1) is 5.92 Å². The number of alkyl halides is 2. The zero-order chi connectivity index (χ0) is 24.4. The number of anilines is 2. The smallest absolute Gasteiger partial charge is 0.272 e. The molecule has 4 rings (SSSR count). The lowest BCUT2D eigenvalue weighted by molar-refractivity contribution is 0.0770. The van der Waals surface area contributed by atoms with E-state index in [0.29, 0.717) is 28.7 Å². The molecule has 1 amide bonds. The van der Waals surface area contributed by atoms with E-state index in [1.165, 1.54) is 18.5 Å². The highest BCUT2D eigenvalue weighted by molar-refractivity contribution is 6.39. The SMILES string of the molecule is CC1CCC(NC(=O)c2cc3nc(Nc4c(Cl)cncc4Cl)n(C)c3nc2OCC(F)F)CC1. The van der Waals surface area contributed by atoms with Crippen molar-refractivity contribution in [3.05, 3.63) is 34.1 Å². The van der Waals surface area contributed by atoms with Crippen LogP contribution in [0.4, 0.5) is 20.4 Å². The molecule has 0 unspecified atom stereocenters. The average Bonchev–Trinajstić information content (AvgIpc) is 3.10. The lowest BCUT2D eigenvalue weighted by Crippen LogP contribution is -2.37. The van der Waals surface area contributed by atoms with E-state index in [-0.39, 0.29) is 27.5 Å². The Balaban J connectivity index is 1.68. The van der Waals surface area contributed by atoms with Crippen LogP contribution >= 0.6 is 23.2 Å². The molecule has 8 nitrogen and oxygen atoms in total. The molecule has 1 aliphatic rings. The zero-order valence-electron chi connectivity index (χ0n) is 18.6. The summed E-state index contributed by atoms with van der Waals surface area (Å²) in [7, 11) is 1.67. The molecule has 0 saturated heterocycles. The van der Waals surface area contributed by atoms with Gasteiger partial charge in [-0.2, -0.15) is 4.98 Å². The van der Waals surface area contributed by atoms with Gasteiger partial charge in [-0.25, -0.2) is 13.8 Å². The first-order valence-corrected chi connectivity index (χ1v) is 11.6. The topological polar surface area (TPSA) is 94.0 Å². The fourth-order valence-corrected chi connectivity index (χ4v) is 4.39. The minimum atomic E-state index is -2.71. The molecule has 0 atom stereocenters. The lowest BCUT2D eigenvalue weighted by atomic mass is 9.87. The number of nitrogens with one attached hydrogen (secondary N) is 2. The number of imidazole rings is 1. The molecule has 2 N–H and O–H groups in total. The molecular weight excluding hydrogens is 489 g/mol. The van der Waals surface area contributed by atoms with Crippen LogP contribution < -0.4 is 15.4 Å². The van der Waals surface area contributed by atoms with E-state index in [1.807, 2.05) is 0 Å². The molecule has 0 bridgehead atoms. The minimum absolute atomic E-state index is 0.0132. The summed E-state index contributed by atoms with van der Waals surface area (Å²) in [5, 5.41) is 6.59. The molecule has 1 aliphatic carbocycles. The summed E-state index contributed by atoms with van der Waals surface area (Å²) in [5.74, 6) is 0.344. The van der Waals surface area contributed by atoms with E-state index < -0.39 is 18.9 Å². The predicted molar refractivity (Wildman–Crippen MR) is 126 cm³/mol. The standard InChI is InChI=1S/C22H24Cl2F2N6O2/c1-11-3-5-12(6-4-11)28-20(33)13-7-16-19(31-21(13)34-10-17(25)26)32(2)22(29-16)30-18-14(23)8-27-9-15(18)24/h7-9,11-12,17H,3-6,10H2,1-2H3,(H,28,33)(H,27,29,30). The molecule has 0 aromatic carbocycles. The Morgan fingerprint density at radius 2 is 1.88 bits per heavy atom. The van der Waals surface area contributed by atoms with Crippen molar-refractivity contribution in [1.29, 1.82) is 0 Å². The van der Waals surface area contributed by atoms with Gasteiger partial charge in [0.25, 0.3) is 12.3 Å². The Bertz CT molecular complexity index is 1180. The second-order valence-corrected chi connectivity index (χ2v) is 9.23. The number of aromatic nitrogens is 4. The highest BCUT2D eigenvalue weighted by atomic mass is 35.5. The van der Waals surface area contributed by atoms with Crippen LogP contribution in [0.5, 0.6) is 5.88 Å². The average molecular weight is 513 g/mol. The summed E-state index contributed by atoms with van der Waals surface area (Å²) in [6.45, 7) is 1.30. The third-order valence-electron chi connectivity index (χ3n) is 5.84. The van der Waals surface area contributed by atoms with E-state index in [4.69, 9.17) is 27.9 Å². The molecule has 1 fully saturated rings. The highest BCUT2D eigenvalue weighted by Crippen LogP contribution is 2.33. The van der Waals surface area contributed by atoms with Crippen LogP contribution in [-0.2, 0) is 7.05 Å². The van der Waals surface area contributed by atoms with Gasteiger partial charge in [-0.1, -0.05) is 30.1 Å². The molecule has 0 radical (unpaired) electrons. The van der Waals surface area contributed by atoms with Gasteiger partial charge in [0.1, 0.15) is 11.1 Å². The maximum absolute atomic E-state index is 13.1. The largest absolute Gasteiger partial charge is 0.471 e. The first kappa shape index (κ1) is 24.4. The molecule has 12 heteroatoms. The van der Waals surface area contributed by atoms with Crippen molar-refractivity contribution in [2.45, 2.75) is 45.1 Å². The number of carbonyl (C=O) groups excluding carboxylic acids is 1. The summed E-state index contributed by atoms with van der Waals surface area (Å²) in [6.07, 6.45) is 3.91. The van der Waals surface area contributed by atoms with E-state index >= 15 is 0 Å². The van der Waals surface area contributed by atoms with E-state index in [2.05, 4.69) is 32.5 Å². The maximum Gasteiger partial charge on any atom is 0.272 e. The minimum Gasteiger partial charge on any atom is -0.471 e. The van der Waals surface area contributed by atoms with E-state index in [9.17, 15) is 13.6 Å². The van der Waals surface area contributed by atoms with Gasteiger partial charge in [0.2, 0.25) is 11.8 Å². The van der Waals surface area contributed by atoms with Gasteiger partial charge in [-0.05, 0) is 37.7 Å². The third kappa shape index (κ3) is 5.33. The summed E-state index contributed by atoms with van der Waals surface area (Å²) >= 11 is 12.4. The first-order valence-electron chi connectivity index (χ1n) is 10.9. The molecular formula is C22H24Cl2F2N6O2. The first-order chi connectivity index (χ1) is 16.2. The summed E-state index contributed by atoms with van der Waals surface area (Å²) < 4.78 is 32.5. The molecule has 1 saturated carbocycles. The van der Waals surface area contributed by atoms with Gasteiger partial charge in [-0.3, -0.25) is 14.3 Å². The fourth-order valence-electron chi connectivity index (χ4n) is 3.93. The fraction of sp³-hybridized carbons (Fsp3) is 0.455. The van der Waals surface area contributed by atoms with Crippen LogP contribution in [-0.4, -0.2) is 44.5 Å². The molecule has 0 aliphatic heterocycles. The lowest BCUT2D eigenvalue weighted by Gasteiger charge is -2.27. The molecule has 0 spiro atoms. The van der Waals surface area contributed by atoms with Crippen molar-refractivity contribution in [2.75, 3.05) is 11.9 Å². The highest BCUT2D eigenvalue weighted by Gasteiger charge is 2.25. The molecule has 3 aromatic rings. The number of fused-ring (bicyclic) bond motifs is 1. The normalized spacial score (nSPS) is 18.3. The number of rotatable bonds is 7. The number of nitrogens with zero attached hydrogens (tertiary/aromatic N) is 4. The summed E-state index contributed by atoms with van der Waals surface area (Å²) in [4.78, 5) is 25.8. The number of halogens is 4. The van der Waals surface area contributed by atoms with Gasteiger partial charge in [0, 0.05) is 25.5 Å². The zero-order valence-corrected chi connectivity index (χ0v) is 20.1. The Morgan fingerprint density at radius 1 is 1.21 bits per heavy atom. The Kier molecular flexibility index (Phi) is 7.37. The van der Waals surface area contributed by atoms with Crippen molar-refractivity contribution >= 4 is 51.9 Å². The second-order valence-electron chi connectivity index (χ2n) is 8.41. The Hall–Kier alpha value is -2.72. The number of aryl methyl sites for hydroxylation is 1. The van der Waals surface area contributed by atoms with Crippen molar-refractivity contribution in [3.63, 3.8) is 0 Å². The van der Waals surface area contributed by atoms with Crippen LogP contribution in [0.25, 0.3) is 11.2 Å². The van der Waals surface area contributed by atoms with Gasteiger partial charge in [0.15, 0.2) is 12.3 Å². The number of hydrogen-bond acceptors (Lipinski definition) is 6.